The van der Waals surface area contributed by atoms with Crippen LogP contribution in [0.1, 0.15) is 42.4 Å². The summed E-state index contributed by atoms with van der Waals surface area (Å²) in [5, 5.41) is 3.88. The van der Waals surface area contributed by atoms with Gasteiger partial charge >= 0.3 is 6.03 Å². The van der Waals surface area contributed by atoms with Gasteiger partial charge < -0.3 is 19.9 Å². The zero-order valence-corrected chi connectivity index (χ0v) is 19.8. The van der Waals surface area contributed by atoms with Crippen LogP contribution in [-0.4, -0.2) is 47.9 Å². The van der Waals surface area contributed by atoms with Crippen molar-refractivity contribution in [3.63, 3.8) is 0 Å². The van der Waals surface area contributed by atoms with Crippen LogP contribution in [0.3, 0.4) is 0 Å². The number of anilines is 1. The predicted molar refractivity (Wildman–Crippen MR) is 129 cm³/mol. The summed E-state index contributed by atoms with van der Waals surface area (Å²) in [6.45, 7) is 6.86. The van der Waals surface area contributed by atoms with Gasteiger partial charge in [-0.05, 0) is 67.3 Å². The first-order valence-corrected chi connectivity index (χ1v) is 11.5. The molecule has 4 amide bonds. The van der Waals surface area contributed by atoms with Gasteiger partial charge in [0.1, 0.15) is 5.75 Å². The van der Waals surface area contributed by atoms with Crippen LogP contribution in [0.2, 0.25) is 0 Å². The summed E-state index contributed by atoms with van der Waals surface area (Å²) in [5.41, 5.74) is 2.49. The molecule has 0 saturated carbocycles. The molecule has 0 radical (unpaired) electrons. The van der Waals surface area contributed by atoms with Gasteiger partial charge in [0.2, 0.25) is 0 Å². The molecule has 8 nitrogen and oxygen atoms in total. The second kappa shape index (κ2) is 7.90. The minimum atomic E-state index is -1.13. The maximum atomic E-state index is 13.8. The number of hydrogen-bond acceptors (Lipinski definition) is 4. The molecule has 0 spiro atoms. The van der Waals surface area contributed by atoms with Crippen LogP contribution < -0.4 is 15.0 Å². The SMILES string of the molecule is COc1ccc2[nH]c3c(c2c1)CCN1C(=O)N(c2ccc(C(=O)NCC(C)C)cc2)C(=O)[C@]31C. The van der Waals surface area contributed by atoms with E-state index in [0.29, 0.717) is 36.7 Å². The Hall–Kier alpha value is -3.81. The molecule has 0 aliphatic carbocycles. The number of H-pyrrole nitrogens is 1. The number of imide groups is 1. The van der Waals surface area contributed by atoms with Crippen molar-refractivity contribution < 1.29 is 19.1 Å². The van der Waals surface area contributed by atoms with Crippen molar-refractivity contribution >= 4 is 34.4 Å². The molecule has 3 heterocycles. The average molecular weight is 461 g/mol. The van der Waals surface area contributed by atoms with E-state index in [1.165, 1.54) is 4.90 Å². The van der Waals surface area contributed by atoms with Gasteiger partial charge in [-0.1, -0.05) is 13.8 Å². The standard InChI is InChI=1S/C26H28N4O4/c1-15(2)14-27-23(31)16-5-7-17(8-6-16)30-24(32)26(3)22-19(11-12-29(26)25(30)33)20-13-18(34-4)9-10-21(20)28-22/h5-10,13,15,28H,11-12,14H2,1-4H3,(H,27,31)/t26-/m0/s1. The van der Waals surface area contributed by atoms with Gasteiger partial charge in [0.15, 0.2) is 5.54 Å². The van der Waals surface area contributed by atoms with Crippen molar-refractivity contribution in [1.82, 2.24) is 15.2 Å². The van der Waals surface area contributed by atoms with Gasteiger partial charge in [-0.15, -0.1) is 0 Å². The summed E-state index contributed by atoms with van der Waals surface area (Å²) >= 11 is 0. The summed E-state index contributed by atoms with van der Waals surface area (Å²) in [7, 11) is 1.62. The molecule has 3 aromatic rings. The Balaban J connectivity index is 1.49. The van der Waals surface area contributed by atoms with Crippen molar-refractivity contribution in [2.45, 2.75) is 32.7 Å². The maximum Gasteiger partial charge on any atom is 0.332 e. The Morgan fingerprint density at radius 2 is 1.91 bits per heavy atom. The van der Waals surface area contributed by atoms with E-state index in [2.05, 4.69) is 10.3 Å². The molecule has 1 fully saturated rings. The fourth-order valence-corrected chi connectivity index (χ4v) is 4.93. The number of ether oxygens (including phenoxy) is 1. The molecule has 0 unspecified atom stereocenters. The van der Waals surface area contributed by atoms with E-state index in [4.69, 9.17) is 4.74 Å². The summed E-state index contributed by atoms with van der Waals surface area (Å²) < 4.78 is 5.38. The smallest absolute Gasteiger partial charge is 0.332 e. The van der Waals surface area contributed by atoms with Crippen LogP contribution in [-0.2, 0) is 16.8 Å². The highest BCUT2D eigenvalue weighted by Crippen LogP contribution is 2.45. The number of fused-ring (bicyclic) bond motifs is 5. The van der Waals surface area contributed by atoms with E-state index in [-0.39, 0.29) is 17.8 Å². The van der Waals surface area contributed by atoms with E-state index in [9.17, 15) is 14.4 Å². The highest BCUT2D eigenvalue weighted by molar-refractivity contribution is 6.23. The number of methoxy groups -OCH3 is 1. The lowest BCUT2D eigenvalue weighted by atomic mass is 9.87. The minimum absolute atomic E-state index is 0.179. The number of urea groups is 1. The number of nitrogens with one attached hydrogen (secondary N) is 2. The Bertz CT molecular complexity index is 1310. The third-order valence-corrected chi connectivity index (χ3v) is 6.83. The van der Waals surface area contributed by atoms with Gasteiger partial charge in [-0.2, -0.15) is 0 Å². The molecule has 5 rings (SSSR count). The normalized spacial score (nSPS) is 19.6. The summed E-state index contributed by atoms with van der Waals surface area (Å²) in [5.74, 6) is 0.600. The lowest BCUT2D eigenvalue weighted by Crippen LogP contribution is -2.49. The first-order valence-electron chi connectivity index (χ1n) is 11.5. The summed E-state index contributed by atoms with van der Waals surface area (Å²) in [4.78, 5) is 45.8. The number of carbonyl (C=O) groups excluding carboxylic acids is 3. The second-order valence-electron chi connectivity index (χ2n) is 9.44. The zero-order valence-electron chi connectivity index (χ0n) is 19.8. The number of hydrogen-bond donors (Lipinski definition) is 2. The molecule has 2 aromatic carbocycles. The van der Waals surface area contributed by atoms with Gasteiger partial charge in [0.05, 0.1) is 18.5 Å². The largest absolute Gasteiger partial charge is 0.497 e. The predicted octanol–water partition coefficient (Wildman–Crippen LogP) is 3.80. The van der Waals surface area contributed by atoms with E-state index in [0.717, 1.165) is 27.9 Å². The van der Waals surface area contributed by atoms with Crippen LogP contribution in [0.5, 0.6) is 5.75 Å². The van der Waals surface area contributed by atoms with E-state index in [1.807, 2.05) is 32.0 Å². The van der Waals surface area contributed by atoms with Crippen LogP contribution in [0.25, 0.3) is 10.9 Å². The molecular formula is C26H28N4O4. The Morgan fingerprint density at radius 3 is 2.59 bits per heavy atom. The molecule has 1 aromatic heterocycles. The minimum Gasteiger partial charge on any atom is -0.497 e. The Kier molecular flexibility index (Phi) is 5.11. The first kappa shape index (κ1) is 22.0. The molecule has 34 heavy (non-hydrogen) atoms. The van der Waals surface area contributed by atoms with Crippen LogP contribution in [0.15, 0.2) is 42.5 Å². The van der Waals surface area contributed by atoms with Crippen molar-refractivity contribution in [2.24, 2.45) is 5.92 Å². The van der Waals surface area contributed by atoms with Crippen LogP contribution in [0, 0.1) is 5.92 Å². The van der Waals surface area contributed by atoms with Crippen molar-refractivity contribution in [3.05, 3.63) is 59.3 Å². The lowest BCUT2D eigenvalue weighted by molar-refractivity contribution is -0.125. The molecule has 2 aliphatic heterocycles. The molecule has 176 valence electrons. The van der Waals surface area contributed by atoms with Crippen molar-refractivity contribution in [3.8, 4) is 5.75 Å². The molecule has 1 saturated heterocycles. The van der Waals surface area contributed by atoms with E-state index >= 15 is 0 Å². The number of carbonyl (C=O) groups is 3. The zero-order chi connectivity index (χ0) is 24.2. The van der Waals surface area contributed by atoms with Gasteiger partial charge in [-0.3, -0.25) is 9.59 Å². The second-order valence-corrected chi connectivity index (χ2v) is 9.44. The van der Waals surface area contributed by atoms with Crippen LogP contribution in [0.4, 0.5) is 10.5 Å². The van der Waals surface area contributed by atoms with Crippen molar-refractivity contribution in [2.75, 3.05) is 25.1 Å². The van der Waals surface area contributed by atoms with E-state index in [1.54, 1.807) is 43.2 Å². The topological polar surface area (TPSA) is 94.7 Å². The van der Waals surface area contributed by atoms with Crippen molar-refractivity contribution in [1.29, 1.82) is 0 Å². The third-order valence-electron chi connectivity index (χ3n) is 6.83. The number of aromatic amines is 1. The highest BCUT2D eigenvalue weighted by Gasteiger charge is 2.59. The number of aromatic nitrogens is 1. The Labute approximate surface area is 197 Å². The Morgan fingerprint density at radius 1 is 1.18 bits per heavy atom. The number of nitrogens with zero attached hydrogens (tertiary/aromatic N) is 2. The molecule has 1 atom stereocenters. The average Bonchev–Trinajstić information content (AvgIpc) is 3.30. The molecule has 8 heteroatoms. The summed E-state index contributed by atoms with van der Waals surface area (Å²) in [6.07, 6.45) is 0.639. The monoisotopic (exact) mass is 460 g/mol. The molecular weight excluding hydrogens is 432 g/mol. The molecule has 0 bridgehead atoms. The lowest BCUT2D eigenvalue weighted by Gasteiger charge is -2.35. The fourth-order valence-electron chi connectivity index (χ4n) is 4.93. The number of benzene rings is 2. The van der Waals surface area contributed by atoms with E-state index < -0.39 is 5.54 Å². The van der Waals surface area contributed by atoms with Gasteiger partial charge in [-0.25, -0.2) is 9.69 Å². The van der Waals surface area contributed by atoms with Gasteiger partial charge in [0.25, 0.3) is 11.8 Å². The third kappa shape index (κ3) is 3.16. The molecule has 2 N–H and O–H groups in total. The van der Waals surface area contributed by atoms with Gasteiger partial charge in [0, 0.05) is 29.6 Å². The first-order chi connectivity index (χ1) is 16.3. The quantitative estimate of drug-likeness (QED) is 0.566. The highest BCUT2D eigenvalue weighted by atomic mass is 16.5. The molecule has 2 aliphatic rings. The number of rotatable bonds is 5. The maximum absolute atomic E-state index is 13.8. The fraction of sp³-hybridized carbons (Fsp3) is 0.346. The number of amides is 4. The summed E-state index contributed by atoms with van der Waals surface area (Å²) in [6, 6.07) is 12.0. The van der Waals surface area contributed by atoms with Crippen LogP contribution >= 0.6 is 0 Å².